The van der Waals surface area contributed by atoms with Crippen LogP contribution in [0.5, 0.6) is 0 Å². The number of carbonyl (C=O) groups excluding carboxylic acids is 1. The van der Waals surface area contributed by atoms with Gasteiger partial charge in [0.2, 0.25) is 0 Å². The second-order valence-corrected chi connectivity index (χ2v) is 7.04. The molecule has 4 heteroatoms. The highest BCUT2D eigenvalue weighted by Gasteiger charge is 2.24. The average molecular weight is 297 g/mol. The summed E-state index contributed by atoms with van der Waals surface area (Å²) < 4.78 is 0. The van der Waals surface area contributed by atoms with Crippen LogP contribution >= 0.6 is 0 Å². The molecule has 1 N–H and O–H groups in total. The van der Waals surface area contributed by atoms with E-state index in [1.165, 1.54) is 12.8 Å². The smallest absolute Gasteiger partial charge is 0.317 e. The zero-order chi connectivity index (χ0) is 15.8. The van der Waals surface area contributed by atoms with Crippen molar-refractivity contribution in [3.8, 4) is 0 Å². The molecule has 0 radical (unpaired) electrons. The summed E-state index contributed by atoms with van der Waals surface area (Å²) in [5.41, 5.74) is 0. The summed E-state index contributed by atoms with van der Waals surface area (Å²) in [5.74, 6) is 0.829. The van der Waals surface area contributed by atoms with E-state index in [-0.39, 0.29) is 6.03 Å². The molecule has 124 valence electrons. The fourth-order valence-corrected chi connectivity index (χ4v) is 2.86. The predicted molar refractivity (Wildman–Crippen MR) is 89.6 cm³/mol. The van der Waals surface area contributed by atoms with E-state index in [1.54, 1.807) is 0 Å². The van der Waals surface area contributed by atoms with E-state index in [0.717, 1.165) is 44.7 Å². The fraction of sp³-hybridized carbons (Fsp3) is 0.941. The summed E-state index contributed by atoms with van der Waals surface area (Å²) in [7, 11) is 4.10. The van der Waals surface area contributed by atoms with E-state index in [2.05, 4.69) is 38.0 Å². The third-order valence-electron chi connectivity index (χ3n) is 4.95. The van der Waals surface area contributed by atoms with Crippen LogP contribution in [0.25, 0.3) is 0 Å². The number of nitrogens with one attached hydrogen (secondary N) is 1. The van der Waals surface area contributed by atoms with Gasteiger partial charge < -0.3 is 15.1 Å². The first kappa shape index (κ1) is 18.3. The molecule has 21 heavy (non-hydrogen) atoms. The normalized spacial score (nSPS) is 22.6. The van der Waals surface area contributed by atoms with Gasteiger partial charge in [-0.2, -0.15) is 0 Å². The number of hydrogen-bond donors (Lipinski definition) is 1. The number of carbonyl (C=O) groups is 1. The number of urea groups is 1. The van der Waals surface area contributed by atoms with E-state index in [4.69, 9.17) is 0 Å². The number of unbranched alkanes of at least 4 members (excludes halogenated alkanes) is 1. The largest absolute Gasteiger partial charge is 0.338 e. The van der Waals surface area contributed by atoms with Crippen LogP contribution in [0, 0.1) is 5.92 Å². The lowest BCUT2D eigenvalue weighted by atomic mass is 9.87. The van der Waals surface area contributed by atoms with E-state index in [0.29, 0.717) is 12.1 Å². The van der Waals surface area contributed by atoms with Crippen molar-refractivity contribution in [1.82, 2.24) is 15.1 Å². The Kier molecular flexibility index (Phi) is 8.09. The zero-order valence-electron chi connectivity index (χ0n) is 14.7. The molecule has 0 unspecified atom stereocenters. The molecule has 0 spiro atoms. The lowest BCUT2D eigenvalue weighted by Gasteiger charge is -2.33. The van der Waals surface area contributed by atoms with Crippen molar-refractivity contribution in [2.24, 2.45) is 5.92 Å². The minimum atomic E-state index is 0.103. The Labute approximate surface area is 131 Å². The van der Waals surface area contributed by atoms with E-state index in [1.807, 2.05) is 11.9 Å². The van der Waals surface area contributed by atoms with Crippen molar-refractivity contribution < 1.29 is 4.79 Å². The second kappa shape index (κ2) is 9.29. The molecule has 1 fully saturated rings. The molecule has 1 aliphatic rings. The molecule has 1 rings (SSSR count). The van der Waals surface area contributed by atoms with Gasteiger partial charge in [-0.3, -0.25) is 0 Å². The predicted octanol–water partition coefficient (Wildman–Crippen LogP) is 3.33. The molecule has 1 aliphatic carbocycles. The van der Waals surface area contributed by atoms with Crippen LogP contribution < -0.4 is 5.32 Å². The molecule has 0 aromatic carbocycles. The molecule has 0 heterocycles. The van der Waals surface area contributed by atoms with Crippen LogP contribution in [0.3, 0.4) is 0 Å². The summed E-state index contributed by atoms with van der Waals surface area (Å²) in [6.07, 6.45) is 7.01. The fourth-order valence-electron chi connectivity index (χ4n) is 2.86. The maximum Gasteiger partial charge on any atom is 0.317 e. The number of rotatable bonds is 7. The van der Waals surface area contributed by atoms with Crippen molar-refractivity contribution in [3.63, 3.8) is 0 Å². The lowest BCUT2D eigenvalue weighted by Crippen LogP contribution is -2.45. The summed E-state index contributed by atoms with van der Waals surface area (Å²) in [5, 5.41) is 3.06. The quantitative estimate of drug-likeness (QED) is 0.732. The molecule has 0 atom stereocenters. The maximum absolute atomic E-state index is 12.1. The Morgan fingerprint density at radius 3 is 2.33 bits per heavy atom. The SMILES string of the molecule is CC1CCC(N(C)C(=O)NCCCCN(C)C(C)C)CC1. The van der Waals surface area contributed by atoms with Crippen molar-refractivity contribution in [3.05, 3.63) is 0 Å². The van der Waals surface area contributed by atoms with Crippen molar-refractivity contribution in [2.45, 2.75) is 71.4 Å². The number of hydrogen-bond acceptors (Lipinski definition) is 2. The van der Waals surface area contributed by atoms with Gasteiger partial charge in [0.1, 0.15) is 0 Å². The van der Waals surface area contributed by atoms with Gasteiger partial charge >= 0.3 is 6.03 Å². The van der Waals surface area contributed by atoms with Crippen molar-refractivity contribution >= 4 is 6.03 Å². The van der Waals surface area contributed by atoms with Gasteiger partial charge in [0.25, 0.3) is 0 Å². The Balaban J connectivity index is 2.13. The Morgan fingerprint density at radius 2 is 1.76 bits per heavy atom. The van der Waals surface area contributed by atoms with E-state index >= 15 is 0 Å². The Hall–Kier alpha value is -0.770. The van der Waals surface area contributed by atoms with Gasteiger partial charge in [0, 0.05) is 25.7 Å². The number of nitrogens with zero attached hydrogens (tertiary/aromatic N) is 2. The van der Waals surface area contributed by atoms with Crippen LogP contribution in [0.4, 0.5) is 4.79 Å². The summed E-state index contributed by atoms with van der Waals surface area (Å²) in [6, 6.07) is 1.14. The second-order valence-electron chi connectivity index (χ2n) is 7.04. The monoisotopic (exact) mass is 297 g/mol. The van der Waals surface area contributed by atoms with Crippen LogP contribution in [0.2, 0.25) is 0 Å². The molecule has 0 bridgehead atoms. The van der Waals surface area contributed by atoms with Crippen LogP contribution in [-0.4, -0.2) is 55.1 Å². The van der Waals surface area contributed by atoms with E-state index < -0.39 is 0 Å². The first-order chi connectivity index (χ1) is 9.91. The maximum atomic E-state index is 12.1. The average Bonchev–Trinajstić information content (AvgIpc) is 2.46. The Morgan fingerprint density at radius 1 is 1.14 bits per heavy atom. The highest BCUT2D eigenvalue weighted by molar-refractivity contribution is 5.74. The molecular formula is C17H35N3O. The molecule has 0 saturated heterocycles. The standard InChI is InChI=1S/C17H35N3O/c1-14(2)19(4)13-7-6-12-18-17(21)20(5)16-10-8-15(3)9-11-16/h14-16H,6-13H2,1-5H3,(H,18,21). The highest BCUT2D eigenvalue weighted by atomic mass is 16.2. The molecular weight excluding hydrogens is 262 g/mol. The van der Waals surface area contributed by atoms with E-state index in [9.17, 15) is 4.79 Å². The third kappa shape index (κ3) is 6.68. The van der Waals surface area contributed by atoms with Gasteiger partial charge in [-0.05, 0) is 71.9 Å². The molecule has 0 aromatic heterocycles. The molecule has 1 saturated carbocycles. The number of amides is 2. The van der Waals surface area contributed by atoms with Gasteiger partial charge in [0.05, 0.1) is 0 Å². The van der Waals surface area contributed by atoms with Gasteiger partial charge in [-0.25, -0.2) is 4.79 Å². The van der Waals surface area contributed by atoms with Crippen molar-refractivity contribution in [1.29, 1.82) is 0 Å². The third-order valence-corrected chi connectivity index (χ3v) is 4.95. The van der Waals surface area contributed by atoms with Gasteiger partial charge in [-0.1, -0.05) is 6.92 Å². The topological polar surface area (TPSA) is 35.6 Å². The molecule has 2 amide bonds. The van der Waals surface area contributed by atoms with Gasteiger partial charge in [-0.15, -0.1) is 0 Å². The zero-order valence-corrected chi connectivity index (χ0v) is 14.7. The summed E-state index contributed by atoms with van der Waals surface area (Å²) in [4.78, 5) is 16.4. The van der Waals surface area contributed by atoms with Gasteiger partial charge in [0.15, 0.2) is 0 Å². The first-order valence-electron chi connectivity index (χ1n) is 8.62. The van der Waals surface area contributed by atoms with Crippen LogP contribution in [0.1, 0.15) is 59.3 Å². The van der Waals surface area contributed by atoms with Crippen molar-refractivity contribution in [2.75, 3.05) is 27.2 Å². The van der Waals surface area contributed by atoms with Crippen LogP contribution in [0.15, 0.2) is 0 Å². The van der Waals surface area contributed by atoms with Crippen LogP contribution in [-0.2, 0) is 0 Å². The summed E-state index contributed by atoms with van der Waals surface area (Å²) in [6.45, 7) is 8.62. The minimum absolute atomic E-state index is 0.103. The first-order valence-corrected chi connectivity index (χ1v) is 8.62. The summed E-state index contributed by atoms with van der Waals surface area (Å²) >= 11 is 0. The minimum Gasteiger partial charge on any atom is -0.338 e. The lowest BCUT2D eigenvalue weighted by molar-refractivity contribution is 0.163. The highest BCUT2D eigenvalue weighted by Crippen LogP contribution is 2.26. The molecule has 4 nitrogen and oxygen atoms in total. The molecule has 0 aliphatic heterocycles. The Bertz CT molecular complexity index is 298. The molecule has 0 aromatic rings.